The van der Waals surface area contributed by atoms with E-state index in [0.717, 1.165) is 12.8 Å². The van der Waals surface area contributed by atoms with Gasteiger partial charge in [-0.25, -0.2) is 4.79 Å². The number of nitrogens with one attached hydrogen (secondary N) is 1. The lowest BCUT2D eigenvalue weighted by Crippen LogP contribution is -2.53. The first kappa shape index (κ1) is 15.0. The summed E-state index contributed by atoms with van der Waals surface area (Å²) >= 11 is 0. The third kappa shape index (κ3) is 3.47. The molecule has 1 amide bonds. The van der Waals surface area contributed by atoms with Crippen molar-refractivity contribution in [3.63, 3.8) is 0 Å². The molecule has 2 N–H and O–H groups in total. The zero-order valence-corrected chi connectivity index (χ0v) is 11.9. The van der Waals surface area contributed by atoms with Gasteiger partial charge in [-0.1, -0.05) is 40.5 Å². The van der Waals surface area contributed by atoms with E-state index in [1.54, 1.807) is 0 Å². The Labute approximate surface area is 109 Å². The molecule has 0 aromatic rings. The second-order valence-corrected chi connectivity index (χ2v) is 6.61. The SMILES string of the molecule is CC(CC(=O)NC1(C(=O)O)CCCC1)C(C)(C)C. The van der Waals surface area contributed by atoms with Crippen LogP contribution in [0, 0.1) is 11.3 Å². The maximum Gasteiger partial charge on any atom is 0.329 e. The second-order valence-electron chi connectivity index (χ2n) is 6.61. The first-order valence-electron chi connectivity index (χ1n) is 6.72. The molecule has 1 fully saturated rings. The van der Waals surface area contributed by atoms with Crippen molar-refractivity contribution in [1.82, 2.24) is 5.32 Å². The van der Waals surface area contributed by atoms with Crippen molar-refractivity contribution < 1.29 is 14.7 Å². The summed E-state index contributed by atoms with van der Waals surface area (Å²) in [7, 11) is 0. The van der Waals surface area contributed by atoms with Gasteiger partial charge in [-0.15, -0.1) is 0 Å². The van der Waals surface area contributed by atoms with E-state index in [9.17, 15) is 14.7 Å². The minimum absolute atomic E-state index is 0.0589. The van der Waals surface area contributed by atoms with Gasteiger partial charge in [0.25, 0.3) is 0 Å². The second kappa shape index (κ2) is 5.29. The monoisotopic (exact) mass is 255 g/mol. The van der Waals surface area contributed by atoms with Crippen molar-refractivity contribution in [1.29, 1.82) is 0 Å². The van der Waals surface area contributed by atoms with E-state index in [2.05, 4.69) is 26.1 Å². The molecule has 1 aliphatic rings. The van der Waals surface area contributed by atoms with Gasteiger partial charge in [-0.3, -0.25) is 4.79 Å². The molecule has 0 heterocycles. The Bertz CT molecular complexity index is 324. The number of hydrogen-bond donors (Lipinski definition) is 2. The lowest BCUT2D eigenvalue weighted by Gasteiger charge is -2.30. The van der Waals surface area contributed by atoms with Crippen LogP contribution in [-0.2, 0) is 9.59 Å². The Kier molecular flexibility index (Phi) is 4.41. The third-order valence-corrected chi connectivity index (χ3v) is 4.22. The number of amides is 1. The average molecular weight is 255 g/mol. The first-order valence-corrected chi connectivity index (χ1v) is 6.72. The van der Waals surface area contributed by atoms with E-state index in [1.165, 1.54) is 0 Å². The Balaban J connectivity index is 2.61. The highest BCUT2D eigenvalue weighted by Gasteiger charge is 2.42. The number of aliphatic carboxylic acids is 1. The van der Waals surface area contributed by atoms with Gasteiger partial charge in [0.2, 0.25) is 5.91 Å². The number of rotatable bonds is 4. The molecule has 4 heteroatoms. The van der Waals surface area contributed by atoms with E-state index >= 15 is 0 Å². The third-order valence-electron chi connectivity index (χ3n) is 4.22. The molecule has 0 spiro atoms. The highest BCUT2D eigenvalue weighted by Crippen LogP contribution is 2.31. The Hall–Kier alpha value is -1.06. The Morgan fingerprint density at radius 1 is 1.28 bits per heavy atom. The van der Waals surface area contributed by atoms with Crippen molar-refractivity contribution in [2.24, 2.45) is 11.3 Å². The van der Waals surface area contributed by atoms with Crippen LogP contribution in [0.5, 0.6) is 0 Å². The van der Waals surface area contributed by atoms with Crippen LogP contribution in [0.3, 0.4) is 0 Å². The Morgan fingerprint density at radius 3 is 2.17 bits per heavy atom. The molecule has 1 saturated carbocycles. The standard InChI is InChI=1S/C14H25NO3/c1-10(13(2,3)4)9-11(16)15-14(12(17)18)7-5-6-8-14/h10H,5-9H2,1-4H3,(H,15,16)(H,17,18). The number of carboxylic acids is 1. The number of carbonyl (C=O) groups excluding carboxylic acids is 1. The molecule has 1 atom stereocenters. The fraction of sp³-hybridized carbons (Fsp3) is 0.857. The van der Waals surface area contributed by atoms with E-state index in [-0.39, 0.29) is 17.2 Å². The molecule has 0 aromatic heterocycles. The van der Waals surface area contributed by atoms with Crippen LogP contribution in [0.2, 0.25) is 0 Å². The minimum atomic E-state index is -1.01. The van der Waals surface area contributed by atoms with E-state index in [4.69, 9.17) is 0 Å². The highest BCUT2D eigenvalue weighted by molar-refractivity contribution is 5.87. The summed E-state index contributed by atoms with van der Waals surface area (Å²) < 4.78 is 0. The van der Waals surface area contributed by atoms with Crippen molar-refractivity contribution in [3.05, 3.63) is 0 Å². The fourth-order valence-corrected chi connectivity index (χ4v) is 2.27. The molecule has 1 rings (SSSR count). The van der Waals surface area contributed by atoms with Crippen LogP contribution in [0.1, 0.15) is 59.8 Å². The summed E-state index contributed by atoms with van der Waals surface area (Å²) in [6, 6.07) is 0. The van der Waals surface area contributed by atoms with Crippen molar-refractivity contribution in [2.45, 2.75) is 65.3 Å². The maximum atomic E-state index is 12.0. The van der Waals surface area contributed by atoms with Crippen LogP contribution < -0.4 is 5.32 Å². The molecular weight excluding hydrogens is 230 g/mol. The smallest absolute Gasteiger partial charge is 0.329 e. The lowest BCUT2D eigenvalue weighted by molar-refractivity contribution is -0.147. The molecular formula is C14H25NO3. The molecule has 1 unspecified atom stereocenters. The summed E-state index contributed by atoms with van der Waals surface area (Å²) in [5.41, 5.74) is -0.946. The molecule has 0 aromatic carbocycles. The van der Waals surface area contributed by atoms with Crippen molar-refractivity contribution in [2.75, 3.05) is 0 Å². The Morgan fingerprint density at radius 2 is 1.78 bits per heavy atom. The van der Waals surface area contributed by atoms with Gasteiger partial charge in [0.15, 0.2) is 0 Å². The molecule has 104 valence electrons. The number of carboxylic acid groups (broad SMARTS) is 1. The zero-order valence-electron chi connectivity index (χ0n) is 11.9. The molecule has 0 aliphatic heterocycles. The maximum absolute atomic E-state index is 12.0. The van der Waals surface area contributed by atoms with Crippen molar-refractivity contribution >= 4 is 11.9 Å². The van der Waals surface area contributed by atoms with Crippen LogP contribution in [-0.4, -0.2) is 22.5 Å². The van der Waals surface area contributed by atoms with E-state index in [0.29, 0.717) is 19.3 Å². The van der Waals surface area contributed by atoms with Gasteiger partial charge >= 0.3 is 5.97 Å². The summed E-state index contributed by atoms with van der Waals surface area (Å²) in [6.45, 7) is 8.30. The normalized spacial score (nSPS) is 20.4. The first-order chi connectivity index (χ1) is 8.17. The number of carbonyl (C=O) groups is 2. The van der Waals surface area contributed by atoms with Crippen LogP contribution in [0.15, 0.2) is 0 Å². The van der Waals surface area contributed by atoms with Gasteiger partial charge in [-0.05, 0) is 24.2 Å². The van der Waals surface area contributed by atoms with Gasteiger partial charge < -0.3 is 10.4 Å². The predicted octanol–water partition coefficient (Wildman–Crippen LogP) is 2.57. The molecule has 1 aliphatic carbocycles. The summed E-state index contributed by atoms with van der Waals surface area (Å²) in [5, 5.41) is 12.0. The van der Waals surface area contributed by atoms with E-state index < -0.39 is 11.5 Å². The van der Waals surface area contributed by atoms with Crippen LogP contribution in [0.4, 0.5) is 0 Å². The molecule has 4 nitrogen and oxygen atoms in total. The summed E-state index contributed by atoms with van der Waals surface area (Å²) in [4.78, 5) is 23.3. The van der Waals surface area contributed by atoms with Gasteiger partial charge in [0, 0.05) is 6.42 Å². The van der Waals surface area contributed by atoms with Gasteiger partial charge in [0.05, 0.1) is 0 Å². The summed E-state index contributed by atoms with van der Waals surface area (Å²) in [5.74, 6) is -0.803. The number of hydrogen-bond acceptors (Lipinski definition) is 2. The van der Waals surface area contributed by atoms with Crippen molar-refractivity contribution in [3.8, 4) is 0 Å². The molecule has 0 bridgehead atoms. The van der Waals surface area contributed by atoms with Gasteiger partial charge in [-0.2, -0.15) is 0 Å². The quantitative estimate of drug-likeness (QED) is 0.811. The topological polar surface area (TPSA) is 66.4 Å². The summed E-state index contributed by atoms with van der Waals surface area (Å²) in [6.07, 6.45) is 3.25. The minimum Gasteiger partial charge on any atom is -0.480 e. The fourth-order valence-electron chi connectivity index (χ4n) is 2.27. The van der Waals surface area contributed by atoms with Gasteiger partial charge in [0.1, 0.15) is 5.54 Å². The highest BCUT2D eigenvalue weighted by atomic mass is 16.4. The van der Waals surface area contributed by atoms with E-state index in [1.807, 2.05) is 6.92 Å². The predicted molar refractivity (Wildman–Crippen MR) is 70.2 cm³/mol. The molecule has 18 heavy (non-hydrogen) atoms. The largest absolute Gasteiger partial charge is 0.480 e. The van der Waals surface area contributed by atoms with Crippen LogP contribution in [0.25, 0.3) is 0 Å². The lowest BCUT2D eigenvalue weighted by atomic mass is 9.80. The molecule has 0 saturated heterocycles. The molecule has 0 radical (unpaired) electrons. The zero-order chi connectivity index (χ0) is 14.0. The van der Waals surface area contributed by atoms with Crippen LogP contribution >= 0.6 is 0 Å². The average Bonchev–Trinajstić information content (AvgIpc) is 2.65.